The Morgan fingerprint density at radius 3 is 2.67 bits per heavy atom. The Bertz CT molecular complexity index is 744. The van der Waals surface area contributed by atoms with E-state index in [9.17, 15) is 8.42 Å². The van der Waals surface area contributed by atoms with E-state index in [-0.39, 0.29) is 5.09 Å². The molecule has 8 heteroatoms. The predicted molar refractivity (Wildman–Crippen MR) is 86.1 cm³/mol. The number of sulfonamides is 1. The second-order valence-electron chi connectivity index (χ2n) is 4.49. The van der Waals surface area contributed by atoms with Crippen LogP contribution in [-0.2, 0) is 16.6 Å². The lowest BCUT2D eigenvalue weighted by Crippen LogP contribution is -2.21. The highest BCUT2D eigenvalue weighted by Gasteiger charge is 2.21. The Hall–Kier alpha value is -1.02. The molecule has 2 aromatic rings. The molecule has 0 saturated carbocycles. The summed E-state index contributed by atoms with van der Waals surface area (Å²) in [4.78, 5) is 0. The van der Waals surface area contributed by atoms with Crippen molar-refractivity contribution in [1.29, 1.82) is 0 Å². The molecular formula is C13H14BrClN2O3S. The molecule has 21 heavy (non-hydrogen) atoms. The maximum atomic E-state index is 11.9. The summed E-state index contributed by atoms with van der Waals surface area (Å²) in [6.45, 7) is 0.349. The zero-order valence-corrected chi connectivity index (χ0v) is 14.6. The molecule has 0 unspecified atom stereocenters. The van der Waals surface area contributed by atoms with Gasteiger partial charge >= 0.3 is 0 Å². The molecule has 0 atom stereocenters. The van der Waals surface area contributed by atoms with Crippen molar-refractivity contribution >= 4 is 43.2 Å². The first-order chi connectivity index (χ1) is 9.80. The lowest BCUT2D eigenvalue weighted by molar-refractivity contribution is 0.402. The molecular weight excluding hydrogens is 380 g/mol. The molecule has 0 aliphatic heterocycles. The number of hydrogen-bond acceptors (Lipinski definition) is 4. The fourth-order valence-electron chi connectivity index (χ4n) is 1.59. The van der Waals surface area contributed by atoms with Crippen LogP contribution in [0.3, 0.4) is 0 Å². The second kappa shape index (κ2) is 6.39. The van der Waals surface area contributed by atoms with E-state index in [1.165, 1.54) is 20.2 Å². The maximum absolute atomic E-state index is 11.9. The van der Waals surface area contributed by atoms with Crippen LogP contribution in [0.1, 0.15) is 5.76 Å². The summed E-state index contributed by atoms with van der Waals surface area (Å²) in [5, 5.41) is 3.66. The molecule has 0 saturated heterocycles. The number of hydrogen-bond donors (Lipinski definition) is 1. The first kappa shape index (κ1) is 16.4. The smallest absolute Gasteiger partial charge is 0.275 e. The average molecular weight is 394 g/mol. The van der Waals surface area contributed by atoms with E-state index in [0.29, 0.717) is 17.3 Å². The molecule has 2 rings (SSSR count). The maximum Gasteiger partial charge on any atom is 0.275 e. The quantitative estimate of drug-likeness (QED) is 0.844. The highest BCUT2D eigenvalue weighted by molar-refractivity contribution is 9.10. The Balaban J connectivity index is 2.12. The van der Waals surface area contributed by atoms with E-state index in [4.69, 9.17) is 16.0 Å². The van der Waals surface area contributed by atoms with Gasteiger partial charge in [-0.25, -0.2) is 12.7 Å². The van der Waals surface area contributed by atoms with Gasteiger partial charge in [-0.05, 0) is 46.3 Å². The monoisotopic (exact) mass is 392 g/mol. The van der Waals surface area contributed by atoms with Gasteiger partial charge in [0.15, 0.2) is 0 Å². The topological polar surface area (TPSA) is 62.6 Å². The average Bonchev–Trinajstić information content (AvgIpc) is 2.89. The van der Waals surface area contributed by atoms with Crippen LogP contribution < -0.4 is 5.32 Å². The fraction of sp³-hybridized carbons (Fsp3) is 0.231. The number of anilines is 1. The summed E-state index contributed by atoms with van der Waals surface area (Å²) in [6.07, 6.45) is 0. The molecule has 1 heterocycles. The Morgan fingerprint density at radius 2 is 2.00 bits per heavy atom. The van der Waals surface area contributed by atoms with Crippen molar-refractivity contribution in [2.24, 2.45) is 0 Å². The van der Waals surface area contributed by atoms with Crippen LogP contribution in [0.2, 0.25) is 5.02 Å². The van der Waals surface area contributed by atoms with E-state index in [1.54, 1.807) is 18.2 Å². The first-order valence-electron chi connectivity index (χ1n) is 6.01. The van der Waals surface area contributed by atoms with Gasteiger partial charge in [-0.15, -0.1) is 0 Å². The molecule has 5 nitrogen and oxygen atoms in total. The van der Waals surface area contributed by atoms with Crippen molar-refractivity contribution < 1.29 is 12.8 Å². The third kappa shape index (κ3) is 3.79. The van der Waals surface area contributed by atoms with E-state index < -0.39 is 10.0 Å². The van der Waals surface area contributed by atoms with E-state index in [2.05, 4.69) is 21.2 Å². The Labute approximate surface area is 137 Å². The zero-order valence-electron chi connectivity index (χ0n) is 11.4. The van der Waals surface area contributed by atoms with Crippen LogP contribution in [0.15, 0.2) is 44.3 Å². The number of nitrogens with zero attached hydrogens (tertiary/aromatic N) is 1. The van der Waals surface area contributed by atoms with E-state index >= 15 is 0 Å². The molecule has 0 aliphatic rings. The third-order valence-corrected chi connectivity index (χ3v) is 5.37. The van der Waals surface area contributed by atoms with Gasteiger partial charge < -0.3 is 9.73 Å². The summed E-state index contributed by atoms with van der Waals surface area (Å²) in [5.74, 6) is 0.516. The zero-order chi connectivity index (χ0) is 15.6. The summed E-state index contributed by atoms with van der Waals surface area (Å²) in [5.41, 5.74) is 0.802. The molecule has 114 valence electrons. The van der Waals surface area contributed by atoms with Gasteiger partial charge in [-0.2, -0.15) is 0 Å². The van der Waals surface area contributed by atoms with Crippen LogP contribution in [0.25, 0.3) is 0 Å². The minimum atomic E-state index is -3.55. The van der Waals surface area contributed by atoms with Crippen LogP contribution in [0.5, 0.6) is 0 Å². The standard InChI is InChI=1S/C13H14BrClN2O3S/c1-17(2)21(18,19)13-6-4-10(20-13)8-16-12-7-9(15)3-5-11(12)14/h3-7,16H,8H2,1-2H3. The van der Waals surface area contributed by atoms with E-state index in [0.717, 1.165) is 14.5 Å². The molecule has 1 N–H and O–H groups in total. The lowest BCUT2D eigenvalue weighted by atomic mass is 10.3. The van der Waals surface area contributed by atoms with Gasteiger partial charge in [0.25, 0.3) is 10.0 Å². The number of halogens is 2. The first-order valence-corrected chi connectivity index (χ1v) is 8.62. The third-order valence-electron chi connectivity index (χ3n) is 2.75. The predicted octanol–water partition coefficient (Wildman–Crippen LogP) is 3.56. The minimum absolute atomic E-state index is 0.0746. The van der Waals surface area contributed by atoms with Crippen LogP contribution in [-0.4, -0.2) is 26.8 Å². The van der Waals surface area contributed by atoms with Crippen molar-refractivity contribution in [3.63, 3.8) is 0 Å². The van der Waals surface area contributed by atoms with Crippen molar-refractivity contribution in [2.75, 3.05) is 19.4 Å². The van der Waals surface area contributed by atoms with Gasteiger partial charge in [0, 0.05) is 23.6 Å². The minimum Gasteiger partial charge on any atom is -0.446 e. The Kier molecular flexibility index (Phi) is 4.98. The number of nitrogens with one attached hydrogen (secondary N) is 1. The highest BCUT2D eigenvalue weighted by Crippen LogP contribution is 2.26. The summed E-state index contributed by atoms with van der Waals surface area (Å²) in [6, 6.07) is 8.44. The molecule has 0 fully saturated rings. The number of rotatable bonds is 5. The number of furan rings is 1. The van der Waals surface area contributed by atoms with Crippen molar-refractivity contribution in [2.45, 2.75) is 11.6 Å². The van der Waals surface area contributed by atoms with Gasteiger partial charge in [0.05, 0.1) is 12.2 Å². The molecule has 1 aromatic carbocycles. The summed E-state index contributed by atoms with van der Waals surface area (Å²) >= 11 is 9.33. The largest absolute Gasteiger partial charge is 0.446 e. The molecule has 0 radical (unpaired) electrons. The van der Waals surface area contributed by atoms with Gasteiger partial charge in [-0.1, -0.05) is 11.6 Å². The van der Waals surface area contributed by atoms with Gasteiger partial charge in [0.1, 0.15) is 5.76 Å². The van der Waals surface area contributed by atoms with Gasteiger partial charge in [-0.3, -0.25) is 0 Å². The second-order valence-corrected chi connectivity index (χ2v) is 7.86. The van der Waals surface area contributed by atoms with Gasteiger partial charge in [0.2, 0.25) is 5.09 Å². The lowest BCUT2D eigenvalue weighted by Gasteiger charge is -2.09. The molecule has 1 aromatic heterocycles. The van der Waals surface area contributed by atoms with Crippen molar-refractivity contribution in [1.82, 2.24) is 4.31 Å². The SMILES string of the molecule is CN(C)S(=O)(=O)c1ccc(CNc2cc(Cl)ccc2Br)o1. The van der Waals surface area contributed by atoms with Crippen LogP contribution in [0, 0.1) is 0 Å². The summed E-state index contributed by atoms with van der Waals surface area (Å²) in [7, 11) is -0.631. The summed E-state index contributed by atoms with van der Waals surface area (Å²) < 4.78 is 31.1. The van der Waals surface area contributed by atoms with Crippen molar-refractivity contribution in [3.8, 4) is 0 Å². The van der Waals surface area contributed by atoms with Crippen LogP contribution >= 0.6 is 27.5 Å². The number of benzene rings is 1. The Morgan fingerprint density at radius 1 is 1.29 bits per heavy atom. The molecule has 0 spiro atoms. The highest BCUT2D eigenvalue weighted by atomic mass is 79.9. The van der Waals surface area contributed by atoms with E-state index in [1.807, 2.05) is 6.07 Å². The molecule has 0 aliphatic carbocycles. The normalized spacial score (nSPS) is 11.9. The van der Waals surface area contributed by atoms with Crippen LogP contribution in [0.4, 0.5) is 5.69 Å². The molecule has 0 amide bonds. The fourth-order valence-corrected chi connectivity index (χ4v) is 2.96. The molecule has 0 bridgehead atoms. The van der Waals surface area contributed by atoms with Crippen molar-refractivity contribution in [3.05, 3.63) is 45.6 Å².